The standard InChI is InChI=1S/C18H25N5O2/c1-3-22(14-9-10-14)12-11-19-17(24)16-20-13(2)18(25)23(21-16)15-7-5-4-6-8-15/h4-8,13-14H,3,9-12H2,1-2H3,(H,19,24)(H,20,21). The van der Waals surface area contributed by atoms with Crippen molar-refractivity contribution in [1.29, 1.82) is 0 Å². The largest absolute Gasteiger partial charge is 0.348 e. The highest BCUT2D eigenvalue weighted by Gasteiger charge is 2.31. The van der Waals surface area contributed by atoms with Crippen molar-refractivity contribution in [3.05, 3.63) is 30.3 Å². The normalized spacial score (nSPS) is 20.3. The Bertz CT molecular complexity index is 657. The molecule has 25 heavy (non-hydrogen) atoms. The van der Waals surface area contributed by atoms with Crippen molar-refractivity contribution < 1.29 is 9.59 Å². The Hall–Kier alpha value is -2.41. The van der Waals surface area contributed by atoms with Gasteiger partial charge in [0.25, 0.3) is 11.8 Å². The maximum atomic E-state index is 12.4. The van der Waals surface area contributed by atoms with Crippen LogP contribution in [0.5, 0.6) is 0 Å². The van der Waals surface area contributed by atoms with Crippen LogP contribution in [-0.2, 0) is 9.59 Å². The number of carbonyl (C=O) groups is 2. The van der Waals surface area contributed by atoms with Gasteiger partial charge in [-0.05, 0) is 38.4 Å². The number of aliphatic imine (C=N–C) groups is 1. The Balaban J connectivity index is 1.59. The van der Waals surface area contributed by atoms with Gasteiger partial charge in [-0.15, -0.1) is 0 Å². The Kier molecular flexibility index (Phi) is 5.33. The van der Waals surface area contributed by atoms with E-state index in [1.165, 1.54) is 17.9 Å². The lowest BCUT2D eigenvalue weighted by Crippen LogP contribution is -2.58. The number of carbonyl (C=O) groups excluding carboxylic acids is 2. The highest BCUT2D eigenvalue weighted by molar-refractivity contribution is 6.39. The number of hydrazine groups is 1. The molecule has 7 heteroatoms. The van der Waals surface area contributed by atoms with E-state index in [1.54, 1.807) is 6.92 Å². The quantitative estimate of drug-likeness (QED) is 0.772. The fourth-order valence-electron chi connectivity index (χ4n) is 2.94. The predicted molar refractivity (Wildman–Crippen MR) is 97.2 cm³/mol. The fraction of sp³-hybridized carbons (Fsp3) is 0.500. The summed E-state index contributed by atoms with van der Waals surface area (Å²) in [6.45, 7) is 6.22. The molecule has 3 rings (SSSR count). The molecule has 7 nitrogen and oxygen atoms in total. The average Bonchev–Trinajstić information content (AvgIpc) is 3.46. The number of amidine groups is 1. The molecule has 2 aliphatic rings. The van der Waals surface area contributed by atoms with Crippen LogP contribution in [0.4, 0.5) is 5.69 Å². The van der Waals surface area contributed by atoms with Crippen LogP contribution in [0.3, 0.4) is 0 Å². The highest BCUT2D eigenvalue weighted by atomic mass is 16.2. The predicted octanol–water partition coefficient (Wildman–Crippen LogP) is 0.925. The van der Waals surface area contributed by atoms with E-state index in [9.17, 15) is 9.59 Å². The molecule has 1 aliphatic carbocycles. The Morgan fingerprint density at radius 3 is 2.72 bits per heavy atom. The fourth-order valence-corrected chi connectivity index (χ4v) is 2.94. The summed E-state index contributed by atoms with van der Waals surface area (Å²) in [5.41, 5.74) is 3.53. The summed E-state index contributed by atoms with van der Waals surface area (Å²) >= 11 is 0. The van der Waals surface area contributed by atoms with Crippen molar-refractivity contribution in [3.63, 3.8) is 0 Å². The topological polar surface area (TPSA) is 77.0 Å². The molecule has 1 aromatic rings. The number of benzene rings is 1. The number of nitrogens with one attached hydrogen (secondary N) is 2. The minimum atomic E-state index is -0.596. The van der Waals surface area contributed by atoms with Crippen molar-refractivity contribution in [1.82, 2.24) is 15.6 Å². The number of rotatable bonds is 7. The summed E-state index contributed by atoms with van der Waals surface area (Å²) in [5.74, 6) is -0.300. The SMILES string of the molecule is CCN(CCNC(=O)C1=NC(C)C(=O)N(c2ccccc2)N1)C1CC1. The first-order valence-corrected chi connectivity index (χ1v) is 8.86. The summed E-state index contributed by atoms with van der Waals surface area (Å²) < 4.78 is 0. The Morgan fingerprint density at radius 2 is 2.08 bits per heavy atom. The van der Waals surface area contributed by atoms with Gasteiger partial charge >= 0.3 is 0 Å². The molecular formula is C18H25N5O2. The van der Waals surface area contributed by atoms with Gasteiger partial charge in [-0.2, -0.15) is 0 Å². The summed E-state index contributed by atoms with van der Waals surface area (Å²) in [7, 11) is 0. The second-order valence-corrected chi connectivity index (χ2v) is 6.39. The molecule has 0 saturated heterocycles. The lowest BCUT2D eigenvalue weighted by Gasteiger charge is -2.30. The van der Waals surface area contributed by atoms with Crippen LogP contribution in [0.15, 0.2) is 35.3 Å². The van der Waals surface area contributed by atoms with Gasteiger partial charge in [0.1, 0.15) is 6.04 Å². The van der Waals surface area contributed by atoms with Crippen molar-refractivity contribution >= 4 is 23.3 Å². The number of amides is 2. The molecule has 134 valence electrons. The maximum Gasteiger partial charge on any atom is 0.288 e. The van der Waals surface area contributed by atoms with Crippen LogP contribution in [0.25, 0.3) is 0 Å². The van der Waals surface area contributed by atoms with Gasteiger partial charge in [0.2, 0.25) is 5.84 Å². The lowest BCUT2D eigenvalue weighted by atomic mass is 10.2. The maximum absolute atomic E-state index is 12.4. The minimum Gasteiger partial charge on any atom is -0.348 e. The Morgan fingerprint density at radius 1 is 1.36 bits per heavy atom. The van der Waals surface area contributed by atoms with E-state index in [1.807, 2.05) is 30.3 Å². The third kappa shape index (κ3) is 4.17. The van der Waals surface area contributed by atoms with Gasteiger partial charge in [-0.3, -0.25) is 19.9 Å². The molecule has 1 saturated carbocycles. The molecule has 1 heterocycles. The first kappa shape index (κ1) is 17.4. The van der Waals surface area contributed by atoms with Gasteiger partial charge in [0.15, 0.2) is 0 Å². The van der Waals surface area contributed by atoms with Crippen LogP contribution in [-0.4, -0.2) is 54.3 Å². The van der Waals surface area contributed by atoms with E-state index in [-0.39, 0.29) is 17.6 Å². The third-order valence-corrected chi connectivity index (χ3v) is 4.50. The number of likely N-dealkylation sites (N-methyl/N-ethyl adjacent to an activating group) is 1. The van der Waals surface area contributed by atoms with E-state index in [2.05, 4.69) is 27.6 Å². The lowest BCUT2D eigenvalue weighted by molar-refractivity contribution is -0.120. The number of anilines is 1. The van der Waals surface area contributed by atoms with Crippen LogP contribution in [0.1, 0.15) is 26.7 Å². The first-order chi connectivity index (χ1) is 12.1. The third-order valence-electron chi connectivity index (χ3n) is 4.50. The van der Waals surface area contributed by atoms with Gasteiger partial charge < -0.3 is 5.32 Å². The first-order valence-electron chi connectivity index (χ1n) is 8.86. The van der Waals surface area contributed by atoms with E-state index >= 15 is 0 Å². The number of nitrogens with zero attached hydrogens (tertiary/aromatic N) is 3. The molecule has 1 aliphatic heterocycles. The summed E-state index contributed by atoms with van der Waals surface area (Å²) in [6, 6.07) is 9.28. The van der Waals surface area contributed by atoms with Crippen molar-refractivity contribution in [2.24, 2.45) is 4.99 Å². The minimum absolute atomic E-state index is 0.172. The number of hydrogen-bond acceptors (Lipinski definition) is 5. The smallest absolute Gasteiger partial charge is 0.288 e. The average molecular weight is 343 g/mol. The zero-order valence-electron chi connectivity index (χ0n) is 14.7. The summed E-state index contributed by atoms with van der Waals surface area (Å²) in [6.07, 6.45) is 2.50. The number of para-hydroxylation sites is 1. The zero-order chi connectivity index (χ0) is 17.8. The zero-order valence-corrected chi connectivity index (χ0v) is 14.7. The van der Waals surface area contributed by atoms with Gasteiger partial charge in [-0.25, -0.2) is 10.0 Å². The van der Waals surface area contributed by atoms with Crippen molar-refractivity contribution in [2.45, 2.75) is 38.8 Å². The van der Waals surface area contributed by atoms with Crippen LogP contribution in [0.2, 0.25) is 0 Å². The highest BCUT2D eigenvalue weighted by Crippen LogP contribution is 2.25. The monoisotopic (exact) mass is 343 g/mol. The Labute approximate surface area is 148 Å². The van der Waals surface area contributed by atoms with Crippen LogP contribution < -0.4 is 15.8 Å². The molecule has 0 radical (unpaired) electrons. The van der Waals surface area contributed by atoms with E-state index in [4.69, 9.17) is 0 Å². The second kappa shape index (κ2) is 7.65. The van der Waals surface area contributed by atoms with Crippen LogP contribution in [0, 0.1) is 0 Å². The molecule has 0 bridgehead atoms. The molecule has 2 amide bonds. The molecule has 0 aromatic heterocycles. The molecule has 1 fully saturated rings. The molecule has 2 N–H and O–H groups in total. The molecule has 0 spiro atoms. The van der Waals surface area contributed by atoms with Crippen molar-refractivity contribution in [2.75, 3.05) is 24.6 Å². The van der Waals surface area contributed by atoms with Crippen LogP contribution >= 0.6 is 0 Å². The summed E-state index contributed by atoms with van der Waals surface area (Å²) in [4.78, 5) is 31.3. The van der Waals surface area contributed by atoms with E-state index in [0.29, 0.717) is 18.3 Å². The van der Waals surface area contributed by atoms with Crippen molar-refractivity contribution in [3.8, 4) is 0 Å². The van der Waals surface area contributed by atoms with E-state index in [0.717, 1.165) is 13.1 Å². The van der Waals surface area contributed by atoms with Gasteiger partial charge in [0, 0.05) is 19.1 Å². The van der Waals surface area contributed by atoms with Gasteiger partial charge in [0.05, 0.1) is 5.69 Å². The molecule has 1 aromatic carbocycles. The summed E-state index contributed by atoms with van der Waals surface area (Å²) in [5, 5.41) is 4.28. The van der Waals surface area contributed by atoms with Gasteiger partial charge in [-0.1, -0.05) is 25.1 Å². The molecule has 1 atom stereocenters. The second-order valence-electron chi connectivity index (χ2n) is 6.39. The molecular weight excluding hydrogens is 318 g/mol. The molecule has 1 unspecified atom stereocenters. The van der Waals surface area contributed by atoms with E-state index < -0.39 is 6.04 Å². The number of hydrogen-bond donors (Lipinski definition) is 2.